The lowest BCUT2D eigenvalue weighted by Gasteiger charge is -2.38. The highest BCUT2D eigenvalue weighted by atomic mass is 35.5. The van der Waals surface area contributed by atoms with Crippen LogP contribution < -0.4 is 5.73 Å². The first-order valence-corrected chi connectivity index (χ1v) is 6.28. The van der Waals surface area contributed by atoms with Crippen molar-refractivity contribution >= 4 is 18.3 Å². The fourth-order valence-corrected chi connectivity index (χ4v) is 2.20. The first-order valence-electron chi connectivity index (χ1n) is 6.28. The van der Waals surface area contributed by atoms with Crippen LogP contribution in [0.3, 0.4) is 0 Å². The Hall–Kier alpha value is -0.360. The number of nitrogens with two attached hydrogens (primary N) is 1. The highest BCUT2D eigenvalue weighted by Crippen LogP contribution is 2.19. The molecule has 1 fully saturated rings. The Labute approximate surface area is 115 Å². The molecule has 0 aromatic carbocycles. The van der Waals surface area contributed by atoms with Gasteiger partial charge in [0.2, 0.25) is 5.91 Å². The smallest absolute Gasteiger partial charge is 0.248 e. The molecule has 2 atom stereocenters. The third kappa shape index (κ3) is 5.52. The van der Waals surface area contributed by atoms with E-state index in [9.17, 15) is 4.79 Å². The van der Waals surface area contributed by atoms with Crippen LogP contribution in [0.15, 0.2) is 0 Å². The molecule has 0 aromatic heterocycles. The van der Waals surface area contributed by atoms with Gasteiger partial charge in [0.15, 0.2) is 0 Å². The van der Waals surface area contributed by atoms with E-state index in [2.05, 4.69) is 0 Å². The zero-order chi connectivity index (χ0) is 12.7. The SMILES string of the molecule is COCCOCC(=O)N1CCCCC1C(C)N.Cl. The molecule has 1 amide bonds. The number of amides is 1. The van der Waals surface area contributed by atoms with Crippen LogP contribution in [-0.4, -0.2) is 56.4 Å². The number of carbonyl (C=O) groups is 1. The molecule has 2 N–H and O–H groups in total. The summed E-state index contributed by atoms with van der Waals surface area (Å²) in [5.74, 6) is 0.0445. The minimum absolute atomic E-state index is 0. The molecule has 1 rings (SSSR count). The summed E-state index contributed by atoms with van der Waals surface area (Å²) in [4.78, 5) is 13.9. The van der Waals surface area contributed by atoms with Crippen molar-refractivity contribution in [3.8, 4) is 0 Å². The normalized spacial score (nSPS) is 21.3. The van der Waals surface area contributed by atoms with Crippen molar-refractivity contribution in [3.63, 3.8) is 0 Å². The minimum Gasteiger partial charge on any atom is -0.382 e. The number of likely N-dealkylation sites (tertiary alicyclic amines) is 1. The zero-order valence-corrected chi connectivity index (χ0v) is 12.1. The third-order valence-corrected chi connectivity index (χ3v) is 3.13. The molecule has 108 valence electrons. The molecule has 1 heterocycles. The molecular weight excluding hydrogens is 256 g/mol. The maximum absolute atomic E-state index is 12.0. The van der Waals surface area contributed by atoms with E-state index >= 15 is 0 Å². The summed E-state index contributed by atoms with van der Waals surface area (Å²) >= 11 is 0. The monoisotopic (exact) mass is 280 g/mol. The molecule has 18 heavy (non-hydrogen) atoms. The molecule has 5 nitrogen and oxygen atoms in total. The number of halogens is 1. The van der Waals surface area contributed by atoms with Crippen molar-refractivity contribution in [1.82, 2.24) is 4.90 Å². The lowest BCUT2D eigenvalue weighted by molar-refractivity contribution is -0.140. The summed E-state index contributed by atoms with van der Waals surface area (Å²) < 4.78 is 10.1. The number of hydrogen-bond donors (Lipinski definition) is 1. The van der Waals surface area contributed by atoms with E-state index in [0.29, 0.717) is 13.2 Å². The van der Waals surface area contributed by atoms with Crippen molar-refractivity contribution in [2.45, 2.75) is 38.3 Å². The fourth-order valence-electron chi connectivity index (χ4n) is 2.20. The molecule has 0 aliphatic carbocycles. The van der Waals surface area contributed by atoms with Gasteiger partial charge in [-0.2, -0.15) is 0 Å². The first-order chi connectivity index (χ1) is 8.16. The Bertz CT molecular complexity index is 239. The topological polar surface area (TPSA) is 64.8 Å². The van der Waals surface area contributed by atoms with E-state index in [1.165, 1.54) is 0 Å². The first kappa shape index (κ1) is 17.6. The van der Waals surface area contributed by atoms with E-state index in [1.807, 2.05) is 11.8 Å². The van der Waals surface area contributed by atoms with Crippen LogP contribution >= 0.6 is 12.4 Å². The van der Waals surface area contributed by atoms with Crippen molar-refractivity contribution in [3.05, 3.63) is 0 Å². The summed E-state index contributed by atoms with van der Waals surface area (Å²) in [5, 5.41) is 0. The van der Waals surface area contributed by atoms with Gasteiger partial charge in [-0.1, -0.05) is 0 Å². The predicted octanol–water partition coefficient (Wildman–Crippen LogP) is 0.799. The molecule has 1 aliphatic rings. The average Bonchev–Trinajstić information content (AvgIpc) is 2.34. The van der Waals surface area contributed by atoms with Gasteiger partial charge in [0.05, 0.1) is 13.2 Å². The van der Waals surface area contributed by atoms with Gasteiger partial charge in [-0.25, -0.2) is 0 Å². The Balaban J connectivity index is 0.00000289. The number of carbonyl (C=O) groups excluding carboxylic acids is 1. The number of methoxy groups -OCH3 is 1. The van der Waals surface area contributed by atoms with Crippen LogP contribution in [0.5, 0.6) is 0 Å². The van der Waals surface area contributed by atoms with Crippen LogP contribution in [0, 0.1) is 0 Å². The number of nitrogens with zero attached hydrogens (tertiary/aromatic N) is 1. The van der Waals surface area contributed by atoms with Crippen LogP contribution in [0.2, 0.25) is 0 Å². The van der Waals surface area contributed by atoms with E-state index in [-0.39, 0.29) is 37.0 Å². The number of ether oxygens (including phenoxy) is 2. The van der Waals surface area contributed by atoms with Crippen LogP contribution in [0.4, 0.5) is 0 Å². The minimum atomic E-state index is 0. The van der Waals surface area contributed by atoms with Gasteiger partial charge in [0.25, 0.3) is 0 Å². The van der Waals surface area contributed by atoms with E-state index in [1.54, 1.807) is 7.11 Å². The van der Waals surface area contributed by atoms with Crippen molar-refractivity contribution < 1.29 is 14.3 Å². The highest BCUT2D eigenvalue weighted by Gasteiger charge is 2.28. The summed E-state index contributed by atoms with van der Waals surface area (Å²) in [7, 11) is 1.61. The molecule has 2 unspecified atom stereocenters. The summed E-state index contributed by atoms with van der Waals surface area (Å²) in [6.45, 7) is 3.87. The maximum Gasteiger partial charge on any atom is 0.248 e. The van der Waals surface area contributed by atoms with Gasteiger partial charge >= 0.3 is 0 Å². The number of piperidine rings is 1. The van der Waals surface area contributed by atoms with Gasteiger partial charge in [-0.3, -0.25) is 4.79 Å². The second-order valence-electron chi connectivity index (χ2n) is 4.55. The fraction of sp³-hybridized carbons (Fsp3) is 0.917. The van der Waals surface area contributed by atoms with Crippen molar-refractivity contribution in [1.29, 1.82) is 0 Å². The van der Waals surface area contributed by atoms with Crippen LogP contribution in [0.1, 0.15) is 26.2 Å². The van der Waals surface area contributed by atoms with Crippen LogP contribution in [0.25, 0.3) is 0 Å². The molecule has 1 saturated heterocycles. The molecule has 0 spiro atoms. The van der Waals surface area contributed by atoms with Gasteiger partial charge in [0.1, 0.15) is 6.61 Å². The van der Waals surface area contributed by atoms with Gasteiger partial charge < -0.3 is 20.1 Å². The van der Waals surface area contributed by atoms with Gasteiger partial charge in [-0.15, -0.1) is 12.4 Å². The maximum atomic E-state index is 12.0. The van der Waals surface area contributed by atoms with E-state index in [4.69, 9.17) is 15.2 Å². The molecule has 0 saturated carbocycles. The van der Waals surface area contributed by atoms with Crippen molar-refractivity contribution in [2.75, 3.05) is 33.5 Å². The lowest BCUT2D eigenvalue weighted by atomic mass is 9.97. The Morgan fingerprint density at radius 2 is 2.17 bits per heavy atom. The third-order valence-electron chi connectivity index (χ3n) is 3.13. The molecule has 0 radical (unpaired) electrons. The zero-order valence-electron chi connectivity index (χ0n) is 11.3. The van der Waals surface area contributed by atoms with Crippen molar-refractivity contribution in [2.24, 2.45) is 5.73 Å². The largest absolute Gasteiger partial charge is 0.382 e. The molecule has 1 aliphatic heterocycles. The summed E-state index contributed by atoms with van der Waals surface area (Å²) in [5.41, 5.74) is 5.92. The van der Waals surface area contributed by atoms with Crippen LogP contribution in [-0.2, 0) is 14.3 Å². The predicted molar refractivity (Wildman–Crippen MR) is 72.9 cm³/mol. The lowest BCUT2D eigenvalue weighted by Crippen LogP contribution is -2.52. The number of rotatable bonds is 6. The van der Waals surface area contributed by atoms with Gasteiger partial charge in [0, 0.05) is 25.7 Å². The molecule has 0 bridgehead atoms. The number of hydrogen-bond acceptors (Lipinski definition) is 4. The van der Waals surface area contributed by atoms with E-state index < -0.39 is 0 Å². The molecule has 6 heteroatoms. The Kier molecular flexibility index (Phi) is 9.36. The quantitative estimate of drug-likeness (QED) is 0.731. The summed E-state index contributed by atoms with van der Waals surface area (Å²) in [6.07, 6.45) is 3.22. The van der Waals surface area contributed by atoms with Gasteiger partial charge in [-0.05, 0) is 26.2 Å². The standard InChI is InChI=1S/C12H24N2O3.ClH/c1-10(13)11-5-3-4-6-14(11)12(15)9-17-8-7-16-2;/h10-11H,3-9,13H2,1-2H3;1H. The molecular formula is C12H25ClN2O3. The highest BCUT2D eigenvalue weighted by molar-refractivity contribution is 5.85. The second kappa shape index (κ2) is 9.55. The Morgan fingerprint density at radius 1 is 1.44 bits per heavy atom. The average molecular weight is 281 g/mol. The Morgan fingerprint density at radius 3 is 2.78 bits per heavy atom. The summed E-state index contributed by atoms with van der Waals surface area (Å²) in [6, 6.07) is 0.195. The van der Waals surface area contributed by atoms with E-state index in [0.717, 1.165) is 25.8 Å². The molecule has 0 aromatic rings. The second-order valence-corrected chi connectivity index (χ2v) is 4.55.